The van der Waals surface area contributed by atoms with Crippen molar-refractivity contribution in [1.82, 2.24) is 0 Å². The summed E-state index contributed by atoms with van der Waals surface area (Å²) in [5.41, 5.74) is 0. The van der Waals surface area contributed by atoms with E-state index in [9.17, 15) is 14.4 Å². The van der Waals surface area contributed by atoms with Gasteiger partial charge in [-0.05, 0) is 0 Å². The van der Waals surface area contributed by atoms with Crippen molar-refractivity contribution >= 4 is 17.9 Å². The number of carbonyl (C=O) groups excluding carboxylic acids is 1. The minimum Gasteiger partial charge on any atom is -0.481 e. The highest BCUT2D eigenvalue weighted by molar-refractivity contribution is 5.92. The molecule has 1 heterocycles. The standard InChI is InChI=1S/C6H6O6/c7-3(8)1-2-4(5(9)10)12-6(2)11/h2,4H,1H2,(H,7,8)(H,9,10). The van der Waals surface area contributed by atoms with E-state index in [4.69, 9.17) is 10.2 Å². The van der Waals surface area contributed by atoms with E-state index in [1.165, 1.54) is 0 Å². The fourth-order valence-corrected chi connectivity index (χ4v) is 0.947. The predicted octanol–water partition coefficient (Wildman–Crippen LogP) is -0.913. The molecule has 2 atom stereocenters. The summed E-state index contributed by atoms with van der Waals surface area (Å²) in [4.78, 5) is 30.9. The second kappa shape index (κ2) is 2.80. The number of esters is 1. The summed E-state index contributed by atoms with van der Waals surface area (Å²) in [6.07, 6.45) is -1.77. The van der Waals surface area contributed by atoms with E-state index >= 15 is 0 Å². The topological polar surface area (TPSA) is 101 Å². The molecule has 0 bridgehead atoms. The van der Waals surface area contributed by atoms with Crippen LogP contribution in [0.1, 0.15) is 6.42 Å². The Morgan fingerprint density at radius 3 is 2.33 bits per heavy atom. The average Bonchev–Trinajstić information content (AvgIpc) is 1.95. The van der Waals surface area contributed by atoms with Crippen LogP contribution in [0.4, 0.5) is 0 Å². The quantitative estimate of drug-likeness (QED) is 0.537. The van der Waals surface area contributed by atoms with Gasteiger partial charge in [0.1, 0.15) is 5.92 Å². The van der Waals surface area contributed by atoms with Gasteiger partial charge in [-0.3, -0.25) is 9.59 Å². The van der Waals surface area contributed by atoms with Gasteiger partial charge in [0.05, 0.1) is 6.42 Å². The molecule has 0 aromatic rings. The third kappa shape index (κ3) is 1.36. The molecule has 12 heavy (non-hydrogen) atoms. The monoisotopic (exact) mass is 174 g/mol. The molecule has 0 aromatic heterocycles. The van der Waals surface area contributed by atoms with Crippen molar-refractivity contribution in [3.05, 3.63) is 0 Å². The number of aliphatic carboxylic acids is 2. The van der Waals surface area contributed by atoms with Crippen LogP contribution < -0.4 is 0 Å². The summed E-state index contributed by atoms with van der Waals surface area (Å²) in [7, 11) is 0. The lowest BCUT2D eigenvalue weighted by atomic mass is 9.93. The Kier molecular flexibility index (Phi) is 1.99. The van der Waals surface area contributed by atoms with Gasteiger partial charge in [-0.1, -0.05) is 0 Å². The number of cyclic esters (lactones) is 1. The molecule has 0 spiro atoms. The smallest absolute Gasteiger partial charge is 0.345 e. The first kappa shape index (κ1) is 8.51. The van der Waals surface area contributed by atoms with Crippen LogP contribution in [-0.4, -0.2) is 34.2 Å². The minimum atomic E-state index is -1.30. The number of carboxylic acid groups (broad SMARTS) is 2. The number of ether oxygens (including phenoxy) is 1. The number of carbonyl (C=O) groups is 3. The highest BCUT2D eigenvalue weighted by Gasteiger charge is 2.48. The van der Waals surface area contributed by atoms with Crippen molar-refractivity contribution in [2.24, 2.45) is 5.92 Å². The Bertz CT molecular complexity index is 244. The van der Waals surface area contributed by atoms with Gasteiger partial charge in [0, 0.05) is 0 Å². The number of hydrogen-bond donors (Lipinski definition) is 2. The van der Waals surface area contributed by atoms with Crippen LogP contribution in [0.3, 0.4) is 0 Å². The first-order chi connectivity index (χ1) is 5.52. The lowest BCUT2D eigenvalue weighted by molar-refractivity contribution is -0.197. The predicted molar refractivity (Wildman–Crippen MR) is 33.3 cm³/mol. The highest BCUT2D eigenvalue weighted by atomic mass is 16.6. The molecule has 1 aliphatic rings. The molecule has 6 nitrogen and oxygen atoms in total. The van der Waals surface area contributed by atoms with Crippen LogP contribution >= 0.6 is 0 Å². The fraction of sp³-hybridized carbons (Fsp3) is 0.500. The summed E-state index contributed by atoms with van der Waals surface area (Å²) in [6, 6.07) is 0. The third-order valence-corrected chi connectivity index (χ3v) is 1.55. The molecular formula is C6H6O6. The Morgan fingerprint density at radius 1 is 1.42 bits per heavy atom. The Morgan fingerprint density at radius 2 is 2.00 bits per heavy atom. The van der Waals surface area contributed by atoms with Gasteiger partial charge in [0.2, 0.25) is 6.10 Å². The van der Waals surface area contributed by atoms with Gasteiger partial charge < -0.3 is 14.9 Å². The van der Waals surface area contributed by atoms with E-state index in [1.807, 2.05) is 0 Å². The SMILES string of the molecule is O=C(O)CC1C(=O)OC1C(=O)O. The molecule has 1 fully saturated rings. The van der Waals surface area contributed by atoms with Gasteiger partial charge in [0.25, 0.3) is 0 Å². The van der Waals surface area contributed by atoms with Crippen molar-refractivity contribution in [2.75, 3.05) is 0 Å². The van der Waals surface area contributed by atoms with E-state index in [-0.39, 0.29) is 0 Å². The lowest BCUT2D eigenvalue weighted by Crippen LogP contribution is -2.50. The van der Waals surface area contributed by atoms with Crippen molar-refractivity contribution < 1.29 is 29.3 Å². The van der Waals surface area contributed by atoms with Gasteiger partial charge in [0.15, 0.2) is 0 Å². The van der Waals surface area contributed by atoms with Crippen LogP contribution in [-0.2, 0) is 19.1 Å². The highest BCUT2D eigenvalue weighted by Crippen LogP contribution is 2.25. The first-order valence-corrected chi connectivity index (χ1v) is 3.17. The van der Waals surface area contributed by atoms with E-state index in [0.717, 1.165) is 0 Å². The maximum absolute atomic E-state index is 10.5. The van der Waals surface area contributed by atoms with Gasteiger partial charge in [-0.2, -0.15) is 0 Å². The van der Waals surface area contributed by atoms with Crippen molar-refractivity contribution in [1.29, 1.82) is 0 Å². The molecule has 2 N–H and O–H groups in total. The maximum Gasteiger partial charge on any atom is 0.345 e. The van der Waals surface area contributed by atoms with E-state index in [2.05, 4.69) is 4.74 Å². The lowest BCUT2D eigenvalue weighted by Gasteiger charge is -2.30. The van der Waals surface area contributed by atoms with Gasteiger partial charge in [-0.15, -0.1) is 0 Å². The molecular weight excluding hydrogens is 168 g/mol. The van der Waals surface area contributed by atoms with Crippen LogP contribution in [0.5, 0.6) is 0 Å². The van der Waals surface area contributed by atoms with E-state index in [0.29, 0.717) is 0 Å². The Balaban J connectivity index is 2.56. The average molecular weight is 174 g/mol. The first-order valence-electron chi connectivity index (χ1n) is 3.17. The molecule has 0 radical (unpaired) electrons. The molecule has 2 unspecified atom stereocenters. The normalized spacial score (nSPS) is 27.2. The zero-order valence-corrected chi connectivity index (χ0v) is 5.89. The van der Waals surface area contributed by atoms with Crippen LogP contribution in [0.25, 0.3) is 0 Å². The largest absolute Gasteiger partial charge is 0.481 e. The molecule has 0 aliphatic carbocycles. The summed E-state index contributed by atoms with van der Waals surface area (Å²) in [5.74, 6) is -4.30. The maximum atomic E-state index is 10.5. The minimum absolute atomic E-state index is 0.490. The molecule has 66 valence electrons. The second-order valence-corrected chi connectivity index (χ2v) is 2.40. The summed E-state index contributed by atoms with van der Waals surface area (Å²) in [5, 5.41) is 16.6. The molecule has 1 rings (SSSR count). The van der Waals surface area contributed by atoms with Crippen molar-refractivity contribution in [3.8, 4) is 0 Å². The number of hydrogen-bond acceptors (Lipinski definition) is 4. The Labute approximate surface area is 66.7 Å². The number of rotatable bonds is 3. The van der Waals surface area contributed by atoms with E-state index in [1.54, 1.807) is 0 Å². The molecule has 6 heteroatoms. The molecule has 1 aliphatic heterocycles. The Hall–Kier alpha value is -1.59. The second-order valence-electron chi connectivity index (χ2n) is 2.40. The van der Waals surface area contributed by atoms with Gasteiger partial charge >= 0.3 is 17.9 Å². The fourth-order valence-electron chi connectivity index (χ4n) is 0.947. The van der Waals surface area contributed by atoms with Crippen molar-refractivity contribution in [3.63, 3.8) is 0 Å². The molecule has 0 saturated carbocycles. The molecule has 0 amide bonds. The molecule has 0 aromatic carbocycles. The van der Waals surface area contributed by atoms with E-state index < -0.39 is 36.4 Å². The summed E-state index contributed by atoms with van der Waals surface area (Å²) < 4.78 is 4.21. The summed E-state index contributed by atoms with van der Waals surface area (Å²) >= 11 is 0. The number of carboxylic acids is 2. The van der Waals surface area contributed by atoms with Crippen LogP contribution in [0.2, 0.25) is 0 Å². The van der Waals surface area contributed by atoms with Crippen LogP contribution in [0.15, 0.2) is 0 Å². The zero-order chi connectivity index (χ0) is 9.30. The third-order valence-electron chi connectivity index (χ3n) is 1.55. The molecule has 1 saturated heterocycles. The summed E-state index contributed by atoms with van der Waals surface area (Å²) in [6.45, 7) is 0. The zero-order valence-electron chi connectivity index (χ0n) is 5.89. The van der Waals surface area contributed by atoms with Crippen molar-refractivity contribution in [2.45, 2.75) is 12.5 Å². The van der Waals surface area contributed by atoms with Crippen LogP contribution in [0, 0.1) is 5.92 Å². The van der Waals surface area contributed by atoms with Gasteiger partial charge in [-0.25, -0.2) is 4.79 Å².